The van der Waals surface area contributed by atoms with Crippen molar-refractivity contribution in [2.75, 3.05) is 26.4 Å². The summed E-state index contributed by atoms with van der Waals surface area (Å²) in [6.07, 6.45) is 24.3. The highest BCUT2D eigenvalue weighted by Gasteiger charge is 2.47. The zero-order valence-corrected chi connectivity index (χ0v) is 40.2. The molecule has 2 rings (SSSR count). The van der Waals surface area contributed by atoms with Crippen molar-refractivity contribution in [1.82, 2.24) is 0 Å². The molecule has 0 saturated carbocycles. The molecule has 2 fully saturated rings. The van der Waals surface area contributed by atoms with Gasteiger partial charge in [0, 0.05) is 12.8 Å². The Morgan fingerprint density at radius 2 is 0.955 bits per heavy atom. The Balaban J connectivity index is 1.85. The maximum atomic E-state index is 13.0. The number of unbranched alkanes of at least 4 members (excludes halogenated alkanes) is 17. The normalized spacial score (nSPS) is 26.6. The van der Waals surface area contributed by atoms with E-state index >= 15 is 0 Å². The Morgan fingerprint density at radius 1 is 0.500 bits per heavy atom. The van der Waals surface area contributed by atoms with E-state index in [0.29, 0.717) is 12.8 Å². The molecule has 2 aliphatic heterocycles. The molecule has 66 heavy (non-hydrogen) atoms. The molecule has 0 spiro atoms. The molecule has 0 bridgehead atoms. The first-order chi connectivity index (χ1) is 32.0. The monoisotopic (exact) mass is 941 g/mol. The van der Waals surface area contributed by atoms with E-state index in [1.165, 1.54) is 64.2 Å². The summed E-state index contributed by atoms with van der Waals surface area (Å²) >= 11 is 0. The van der Waals surface area contributed by atoms with Gasteiger partial charge in [-0.25, -0.2) is 0 Å². The van der Waals surface area contributed by atoms with Crippen LogP contribution in [0.5, 0.6) is 0 Å². The molecule has 7 N–H and O–H groups in total. The molecule has 0 aromatic carbocycles. The van der Waals surface area contributed by atoms with Crippen LogP contribution in [0.15, 0.2) is 48.6 Å². The van der Waals surface area contributed by atoms with Crippen LogP contribution in [-0.4, -0.2) is 142 Å². The van der Waals surface area contributed by atoms with Crippen LogP contribution in [-0.2, 0) is 38.0 Å². The van der Waals surface area contributed by atoms with Gasteiger partial charge in [0.1, 0.15) is 55.4 Å². The molecule has 0 radical (unpaired) electrons. The van der Waals surface area contributed by atoms with E-state index in [1.807, 2.05) is 0 Å². The maximum Gasteiger partial charge on any atom is 0.306 e. The lowest BCUT2D eigenvalue weighted by atomic mass is 9.98. The molecule has 15 heteroatoms. The molecular weight excluding hydrogens is 853 g/mol. The predicted molar refractivity (Wildman–Crippen MR) is 252 cm³/mol. The minimum Gasteiger partial charge on any atom is -0.462 e. The Hall–Kier alpha value is -2.54. The Bertz CT molecular complexity index is 1340. The lowest BCUT2D eigenvalue weighted by molar-refractivity contribution is -0.332. The first kappa shape index (κ1) is 59.6. The number of carbonyl (C=O) groups is 2. The summed E-state index contributed by atoms with van der Waals surface area (Å²) in [5.41, 5.74) is 0. The van der Waals surface area contributed by atoms with Crippen molar-refractivity contribution in [2.24, 2.45) is 0 Å². The molecule has 0 aromatic heterocycles. The van der Waals surface area contributed by atoms with E-state index in [-0.39, 0.29) is 19.4 Å². The largest absolute Gasteiger partial charge is 0.462 e. The number of hydrogen-bond donors (Lipinski definition) is 7. The number of aliphatic hydroxyl groups is 7. The van der Waals surface area contributed by atoms with Gasteiger partial charge >= 0.3 is 11.9 Å². The molecule has 0 aromatic rings. The highest BCUT2D eigenvalue weighted by molar-refractivity contribution is 5.70. The molecule has 11 atom stereocenters. The average Bonchev–Trinajstić information content (AvgIpc) is 3.31. The van der Waals surface area contributed by atoms with E-state index < -0.39 is 99.3 Å². The van der Waals surface area contributed by atoms with Gasteiger partial charge in [0.2, 0.25) is 0 Å². The summed E-state index contributed by atoms with van der Waals surface area (Å²) in [4.78, 5) is 25.7. The second-order valence-corrected chi connectivity index (χ2v) is 17.7. The maximum absolute atomic E-state index is 13.0. The summed E-state index contributed by atoms with van der Waals surface area (Å²) in [5.74, 6) is -0.983. The Labute approximate surface area is 395 Å². The van der Waals surface area contributed by atoms with Gasteiger partial charge in [-0.05, 0) is 70.6 Å². The molecule has 4 unspecified atom stereocenters. The average molecular weight is 941 g/mol. The first-order valence-electron chi connectivity index (χ1n) is 25.2. The Morgan fingerprint density at radius 3 is 1.55 bits per heavy atom. The fourth-order valence-corrected chi connectivity index (χ4v) is 7.59. The summed E-state index contributed by atoms with van der Waals surface area (Å²) < 4.78 is 33.5. The summed E-state index contributed by atoms with van der Waals surface area (Å²) in [6, 6.07) is 0. The second-order valence-electron chi connectivity index (χ2n) is 17.7. The first-order valence-corrected chi connectivity index (χ1v) is 25.2. The number of rotatable bonds is 38. The summed E-state index contributed by atoms with van der Waals surface area (Å²) in [7, 11) is 0. The zero-order valence-electron chi connectivity index (χ0n) is 40.2. The molecular formula is C51H88O15. The van der Waals surface area contributed by atoms with Crippen LogP contribution in [0.4, 0.5) is 0 Å². The number of aliphatic hydroxyl groups excluding tert-OH is 7. The van der Waals surface area contributed by atoms with Gasteiger partial charge in [-0.3, -0.25) is 9.59 Å². The lowest BCUT2D eigenvalue weighted by Gasteiger charge is -2.42. The third-order valence-electron chi connectivity index (χ3n) is 11.8. The summed E-state index contributed by atoms with van der Waals surface area (Å²) in [5, 5.41) is 72.0. The van der Waals surface area contributed by atoms with E-state index in [2.05, 4.69) is 62.5 Å². The quantitative estimate of drug-likeness (QED) is 0.0148. The minimum absolute atomic E-state index is 0.140. The van der Waals surface area contributed by atoms with E-state index in [4.69, 9.17) is 28.4 Å². The summed E-state index contributed by atoms with van der Waals surface area (Å²) in [6.45, 7) is 2.50. The topological polar surface area (TPSA) is 231 Å². The van der Waals surface area contributed by atoms with Crippen molar-refractivity contribution in [3.63, 3.8) is 0 Å². The van der Waals surface area contributed by atoms with Crippen molar-refractivity contribution in [3.8, 4) is 0 Å². The van der Waals surface area contributed by atoms with Crippen molar-refractivity contribution < 1.29 is 73.8 Å². The third-order valence-corrected chi connectivity index (χ3v) is 11.8. The van der Waals surface area contributed by atoms with Crippen molar-refractivity contribution in [3.05, 3.63) is 48.6 Å². The van der Waals surface area contributed by atoms with Crippen LogP contribution in [0.3, 0.4) is 0 Å². The van der Waals surface area contributed by atoms with Crippen LogP contribution in [0.2, 0.25) is 0 Å². The van der Waals surface area contributed by atoms with Gasteiger partial charge < -0.3 is 64.2 Å². The van der Waals surface area contributed by atoms with Crippen molar-refractivity contribution in [2.45, 2.75) is 235 Å². The number of carbonyl (C=O) groups excluding carboxylic acids is 2. The van der Waals surface area contributed by atoms with Crippen LogP contribution < -0.4 is 0 Å². The SMILES string of the molecule is CCCCCC/C=C/C=C/CCCCCCCC(=O)O[C@H](COC(=O)CCCC/C=C/C/C=C/CCCCCCCC)CO[C@@H]1O[C@H](CO[C@@H]2O[C@H](CO)[C@H](O)C(O)C2O)[C@H](O)C(O)C1O. The molecule has 2 aliphatic rings. The van der Waals surface area contributed by atoms with E-state index in [9.17, 15) is 45.3 Å². The van der Waals surface area contributed by atoms with Gasteiger partial charge in [0.25, 0.3) is 0 Å². The van der Waals surface area contributed by atoms with E-state index in [0.717, 1.165) is 64.2 Å². The second kappa shape index (κ2) is 38.3. The minimum atomic E-state index is -1.77. The van der Waals surface area contributed by atoms with E-state index in [1.54, 1.807) is 0 Å². The molecule has 15 nitrogen and oxygen atoms in total. The zero-order chi connectivity index (χ0) is 48.2. The number of allylic oxidation sites excluding steroid dienone is 8. The van der Waals surface area contributed by atoms with Crippen molar-refractivity contribution in [1.29, 1.82) is 0 Å². The smallest absolute Gasteiger partial charge is 0.306 e. The molecule has 0 aliphatic carbocycles. The van der Waals surface area contributed by atoms with Crippen LogP contribution in [0.25, 0.3) is 0 Å². The molecule has 2 heterocycles. The van der Waals surface area contributed by atoms with Gasteiger partial charge in [-0.1, -0.05) is 133 Å². The number of esters is 2. The van der Waals surface area contributed by atoms with Crippen LogP contribution in [0.1, 0.15) is 168 Å². The highest BCUT2D eigenvalue weighted by Crippen LogP contribution is 2.26. The standard InChI is InChI=1S/C51H88O15/c1-3-5-7-9-11-13-15-17-19-21-23-25-27-29-31-33-42(53)61-36-39(64-43(54)34-32-30-28-26-24-22-20-18-16-14-12-10-8-6-4-2)37-62-50-49(60)47(58)45(56)41(66-50)38-63-51-48(59)46(57)44(55)40(35-52)65-51/h14,16-20,23,25,39-41,44-52,55-60H,3-13,15,21-22,24,26-38H2,1-2H3/b16-14+,19-17+,20-18+,25-23+/t39-,40-,41-,44+,45+,46?,47?,48?,49?,50-,51-/m1/s1. The van der Waals surface area contributed by atoms with Crippen LogP contribution >= 0.6 is 0 Å². The van der Waals surface area contributed by atoms with Gasteiger partial charge in [-0.15, -0.1) is 0 Å². The van der Waals surface area contributed by atoms with Gasteiger partial charge in [0.15, 0.2) is 18.7 Å². The molecule has 2 saturated heterocycles. The number of ether oxygens (including phenoxy) is 6. The Kier molecular flexibility index (Phi) is 34.6. The molecule has 382 valence electrons. The van der Waals surface area contributed by atoms with Crippen LogP contribution in [0, 0.1) is 0 Å². The van der Waals surface area contributed by atoms with Gasteiger partial charge in [-0.2, -0.15) is 0 Å². The fraction of sp³-hybridized carbons (Fsp3) is 0.804. The van der Waals surface area contributed by atoms with Gasteiger partial charge in [0.05, 0.1) is 19.8 Å². The van der Waals surface area contributed by atoms with Crippen molar-refractivity contribution >= 4 is 11.9 Å². The third kappa shape index (κ3) is 26.3. The fourth-order valence-electron chi connectivity index (χ4n) is 7.59. The number of hydrogen-bond acceptors (Lipinski definition) is 15. The highest BCUT2D eigenvalue weighted by atomic mass is 16.7. The predicted octanol–water partition coefficient (Wildman–Crippen LogP) is 6.71. The lowest BCUT2D eigenvalue weighted by Crippen LogP contribution is -2.61. The molecule has 0 amide bonds.